The summed E-state index contributed by atoms with van der Waals surface area (Å²) in [7, 11) is 0. The van der Waals surface area contributed by atoms with Crippen LogP contribution in [0.2, 0.25) is 0 Å². The van der Waals surface area contributed by atoms with E-state index in [1.807, 2.05) is 30.4 Å². The molecule has 0 radical (unpaired) electrons. The fourth-order valence-electron chi connectivity index (χ4n) is 5.47. The zero-order valence-electron chi connectivity index (χ0n) is 18.3. The number of unbranched alkanes of at least 4 members (excludes halogenated alkanes) is 1. The zero-order valence-corrected chi connectivity index (χ0v) is 18.3. The molecular formula is C28H36N2. The third-order valence-corrected chi connectivity index (χ3v) is 7.39. The van der Waals surface area contributed by atoms with Gasteiger partial charge in [-0.3, -0.25) is 0 Å². The Labute approximate surface area is 183 Å². The molecule has 1 aromatic carbocycles. The van der Waals surface area contributed by atoms with E-state index < -0.39 is 0 Å². The Bertz CT molecular complexity index is 758. The molecule has 30 heavy (non-hydrogen) atoms. The van der Waals surface area contributed by atoms with Crippen LogP contribution in [0.3, 0.4) is 0 Å². The smallest absolute Gasteiger partial charge is 0.0991 e. The van der Waals surface area contributed by atoms with E-state index in [-0.39, 0.29) is 0 Å². The van der Waals surface area contributed by atoms with Crippen LogP contribution in [0.15, 0.2) is 48.6 Å². The van der Waals surface area contributed by atoms with E-state index in [2.05, 4.69) is 24.3 Å². The molecule has 3 rings (SSSR count). The predicted octanol–water partition coefficient (Wildman–Crippen LogP) is 7.83. The van der Waals surface area contributed by atoms with Gasteiger partial charge >= 0.3 is 0 Å². The SMILES string of the molecule is N#CC=CC=C[C@H]1CC[C@H](CCCC[C@H]2CC[C@H](c3ccc(C#N)cc3)CC2)CC1. The predicted molar refractivity (Wildman–Crippen MR) is 124 cm³/mol. The number of nitrogens with zero attached hydrogens (tertiary/aromatic N) is 2. The van der Waals surface area contributed by atoms with Crippen molar-refractivity contribution in [1.29, 1.82) is 10.5 Å². The summed E-state index contributed by atoms with van der Waals surface area (Å²) < 4.78 is 0. The maximum absolute atomic E-state index is 8.95. The van der Waals surface area contributed by atoms with E-state index in [1.54, 1.807) is 6.08 Å². The molecule has 2 aliphatic carbocycles. The minimum absolute atomic E-state index is 0.702. The lowest BCUT2D eigenvalue weighted by Gasteiger charge is -2.29. The molecule has 2 aliphatic rings. The molecule has 0 bridgehead atoms. The zero-order chi connectivity index (χ0) is 21.0. The maximum Gasteiger partial charge on any atom is 0.0991 e. The maximum atomic E-state index is 8.95. The van der Waals surface area contributed by atoms with Crippen molar-refractivity contribution in [3.63, 3.8) is 0 Å². The number of rotatable bonds is 8. The number of benzene rings is 1. The molecule has 0 heterocycles. The third kappa shape index (κ3) is 7.18. The molecule has 0 aromatic heterocycles. The van der Waals surface area contributed by atoms with Crippen molar-refractivity contribution in [2.24, 2.45) is 17.8 Å². The molecule has 0 atom stereocenters. The molecule has 0 saturated heterocycles. The van der Waals surface area contributed by atoms with Gasteiger partial charge in [0.1, 0.15) is 0 Å². The molecule has 2 saturated carbocycles. The van der Waals surface area contributed by atoms with Crippen molar-refractivity contribution in [3.05, 3.63) is 59.7 Å². The molecule has 0 spiro atoms. The average Bonchev–Trinajstić information content (AvgIpc) is 2.81. The highest BCUT2D eigenvalue weighted by Crippen LogP contribution is 2.38. The number of hydrogen-bond acceptors (Lipinski definition) is 2. The van der Waals surface area contributed by atoms with Crippen LogP contribution in [0.5, 0.6) is 0 Å². The van der Waals surface area contributed by atoms with E-state index in [1.165, 1.54) is 82.6 Å². The van der Waals surface area contributed by atoms with Crippen molar-refractivity contribution >= 4 is 0 Å². The first-order valence-electron chi connectivity index (χ1n) is 12.0. The van der Waals surface area contributed by atoms with Crippen LogP contribution in [-0.2, 0) is 0 Å². The Morgan fingerprint density at radius 2 is 1.37 bits per heavy atom. The van der Waals surface area contributed by atoms with Crippen LogP contribution in [0.4, 0.5) is 0 Å². The first-order valence-corrected chi connectivity index (χ1v) is 12.0. The van der Waals surface area contributed by atoms with Gasteiger partial charge in [-0.25, -0.2) is 0 Å². The minimum atomic E-state index is 0.702. The molecule has 158 valence electrons. The van der Waals surface area contributed by atoms with E-state index in [4.69, 9.17) is 10.5 Å². The van der Waals surface area contributed by atoms with E-state index >= 15 is 0 Å². The molecule has 0 aliphatic heterocycles. The summed E-state index contributed by atoms with van der Waals surface area (Å²) in [6.45, 7) is 0. The van der Waals surface area contributed by atoms with Gasteiger partial charge in [-0.15, -0.1) is 0 Å². The van der Waals surface area contributed by atoms with Crippen LogP contribution >= 0.6 is 0 Å². The van der Waals surface area contributed by atoms with Gasteiger partial charge in [0.25, 0.3) is 0 Å². The van der Waals surface area contributed by atoms with Gasteiger partial charge < -0.3 is 0 Å². The van der Waals surface area contributed by atoms with Crippen molar-refractivity contribution in [1.82, 2.24) is 0 Å². The summed E-state index contributed by atoms with van der Waals surface area (Å²) in [4.78, 5) is 0. The molecule has 2 fully saturated rings. The monoisotopic (exact) mass is 400 g/mol. The van der Waals surface area contributed by atoms with Crippen molar-refractivity contribution in [2.75, 3.05) is 0 Å². The van der Waals surface area contributed by atoms with Crippen molar-refractivity contribution < 1.29 is 0 Å². The molecule has 0 unspecified atom stereocenters. The van der Waals surface area contributed by atoms with E-state index in [9.17, 15) is 0 Å². The fraction of sp³-hybridized carbons (Fsp3) is 0.571. The minimum Gasteiger partial charge on any atom is -0.193 e. The summed E-state index contributed by atoms with van der Waals surface area (Å²) in [5.41, 5.74) is 2.20. The second-order valence-electron chi connectivity index (χ2n) is 9.39. The molecule has 0 N–H and O–H groups in total. The normalized spacial score (nSPS) is 27.1. The van der Waals surface area contributed by atoms with Gasteiger partial charge in [-0.2, -0.15) is 10.5 Å². The van der Waals surface area contributed by atoms with Crippen molar-refractivity contribution in [3.8, 4) is 12.1 Å². The largest absolute Gasteiger partial charge is 0.193 e. The van der Waals surface area contributed by atoms with Crippen LogP contribution in [-0.4, -0.2) is 0 Å². The highest BCUT2D eigenvalue weighted by Gasteiger charge is 2.23. The van der Waals surface area contributed by atoms with Gasteiger partial charge in [-0.05, 0) is 92.7 Å². The molecular weight excluding hydrogens is 364 g/mol. The van der Waals surface area contributed by atoms with Crippen LogP contribution in [0.25, 0.3) is 0 Å². The first kappa shape index (κ1) is 22.4. The molecule has 0 amide bonds. The molecule has 2 nitrogen and oxygen atoms in total. The van der Waals surface area contributed by atoms with Gasteiger partial charge in [0.15, 0.2) is 0 Å². The van der Waals surface area contributed by atoms with E-state index in [0.717, 1.165) is 23.3 Å². The molecule has 1 aromatic rings. The average molecular weight is 401 g/mol. The summed E-state index contributed by atoms with van der Waals surface area (Å²) in [5.74, 6) is 3.29. The Hall–Kier alpha value is -2.32. The molecule has 2 heteroatoms. The lowest BCUT2D eigenvalue weighted by molar-refractivity contribution is 0.273. The Morgan fingerprint density at radius 3 is 1.93 bits per heavy atom. The highest BCUT2D eigenvalue weighted by atomic mass is 14.3. The van der Waals surface area contributed by atoms with Gasteiger partial charge in [0.2, 0.25) is 0 Å². The quantitative estimate of drug-likeness (QED) is 0.253. The van der Waals surface area contributed by atoms with Crippen molar-refractivity contribution in [2.45, 2.75) is 83.0 Å². The highest BCUT2D eigenvalue weighted by molar-refractivity contribution is 5.33. The summed E-state index contributed by atoms with van der Waals surface area (Å²) in [6.07, 6.45) is 24.2. The summed E-state index contributed by atoms with van der Waals surface area (Å²) in [5, 5.41) is 17.5. The Balaban J connectivity index is 1.26. The first-order chi connectivity index (χ1) is 14.8. The second-order valence-corrected chi connectivity index (χ2v) is 9.39. The topological polar surface area (TPSA) is 47.6 Å². The number of hydrogen-bond donors (Lipinski definition) is 0. The van der Waals surface area contributed by atoms with Crippen LogP contribution in [0.1, 0.15) is 94.1 Å². The van der Waals surface area contributed by atoms with Crippen LogP contribution < -0.4 is 0 Å². The van der Waals surface area contributed by atoms with Gasteiger partial charge in [0, 0.05) is 6.08 Å². The number of allylic oxidation sites excluding steroid dienone is 4. The van der Waals surface area contributed by atoms with Gasteiger partial charge in [-0.1, -0.05) is 56.0 Å². The summed E-state index contributed by atoms with van der Waals surface area (Å²) >= 11 is 0. The fourth-order valence-corrected chi connectivity index (χ4v) is 5.47. The number of nitriles is 2. The third-order valence-electron chi connectivity index (χ3n) is 7.39. The van der Waals surface area contributed by atoms with Crippen LogP contribution in [0, 0.1) is 40.4 Å². The Morgan fingerprint density at radius 1 is 0.767 bits per heavy atom. The second kappa shape index (κ2) is 12.4. The van der Waals surface area contributed by atoms with E-state index in [0.29, 0.717) is 5.92 Å². The Kier molecular flexibility index (Phi) is 9.24. The van der Waals surface area contributed by atoms with Gasteiger partial charge in [0.05, 0.1) is 17.7 Å². The lowest BCUT2D eigenvalue weighted by Crippen LogP contribution is -2.14. The summed E-state index contributed by atoms with van der Waals surface area (Å²) in [6, 6.07) is 12.5. The standard InChI is InChI=1S/C28H36N2/c29-21-5-1-2-6-23-9-11-24(12-10-23)7-3-4-8-25-13-17-27(18-14-25)28-19-15-26(22-30)16-20-28/h1-2,5-6,15-16,19-20,23-25,27H,3-4,7-14,17-18H2/t23-,24-,25-,27-. The lowest BCUT2D eigenvalue weighted by atomic mass is 9.76.